The molecule has 1 unspecified atom stereocenters. The van der Waals surface area contributed by atoms with Gasteiger partial charge in [-0.15, -0.1) is 0 Å². The number of aromatic nitrogens is 1. The van der Waals surface area contributed by atoms with Crippen molar-refractivity contribution in [3.63, 3.8) is 0 Å². The Hall–Kier alpha value is -1.67. The van der Waals surface area contributed by atoms with E-state index in [-0.39, 0.29) is 24.8 Å². The van der Waals surface area contributed by atoms with Crippen molar-refractivity contribution in [2.45, 2.75) is 43.7 Å². The number of ether oxygens (including phenoxy) is 1. The van der Waals surface area contributed by atoms with Gasteiger partial charge in [-0.05, 0) is 43.2 Å². The summed E-state index contributed by atoms with van der Waals surface area (Å²) < 4.78 is 33.1. The highest BCUT2D eigenvalue weighted by Crippen LogP contribution is 2.34. The molecule has 1 aliphatic carbocycles. The van der Waals surface area contributed by atoms with E-state index in [0.717, 1.165) is 31.9 Å². The van der Waals surface area contributed by atoms with Crippen LogP contribution in [0.25, 0.3) is 0 Å². The monoisotopic (exact) mass is 438 g/mol. The summed E-state index contributed by atoms with van der Waals surface area (Å²) in [5, 5.41) is 0.414. The van der Waals surface area contributed by atoms with E-state index < -0.39 is 16.1 Å². The van der Waals surface area contributed by atoms with E-state index in [9.17, 15) is 13.2 Å². The predicted octanol–water partition coefficient (Wildman–Crippen LogP) is 3.34. The largest absolute Gasteiger partial charge is 0.376 e. The van der Waals surface area contributed by atoms with Crippen molar-refractivity contribution in [2.75, 3.05) is 19.4 Å². The molecule has 0 aliphatic heterocycles. The molecule has 0 amide bonds. The maximum atomic E-state index is 12.3. The number of halogens is 1. The predicted molar refractivity (Wildman–Crippen MR) is 115 cm³/mol. The second-order valence-corrected chi connectivity index (χ2v) is 9.85. The van der Waals surface area contributed by atoms with Crippen LogP contribution in [0.5, 0.6) is 0 Å². The first-order valence-electron chi connectivity index (χ1n) is 9.80. The van der Waals surface area contributed by atoms with Gasteiger partial charge in [0.2, 0.25) is 10.0 Å². The molecular formula is C21H27ClN2O4S. The minimum Gasteiger partial charge on any atom is -0.376 e. The minimum atomic E-state index is -3.39. The third-order valence-electron chi connectivity index (χ3n) is 5.35. The van der Waals surface area contributed by atoms with Crippen molar-refractivity contribution in [1.29, 1.82) is 0 Å². The van der Waals surface area contributed by atoms with Crippen LogP contribution in [0.2, 0.25) is 5.02 Å². The molecule has 29 heavy (non-hydrogen) atoms. The Kier molecular flexibility index (Phi) is 7.51. The summed E-state index contributed by atoms with van der Waals surface area (Å²) in [7, 11) is -3.39. The molecule has 158 valence electrons. The van der Waals surface area contributed by atoms with Gasteiger partial charge in [0.15, 0.2) is 0 Å². The van der Waals surface area contributed by atoms with Gasteiger partial charge < -0.3 is 9.30 Å². The molecule has 0 radical (unpaired) electrons. The Morgan fingerprint density at radius 3 is 2.48 bits per heavy atom. The summed E-state index contributed by atoms with van der Waals surface area (Å²) in [5.41, 5.74) is 1.12. The molecule has 0 spiro atoms. The Bertz CT molecular complexity index is 954. The average molecular weight is 439 g/mol. The standard InChI is InChI=1S/C21H27ClN2O4S/c1-29(26,27)23-13-19(24-14-18(22)9-12-21(24)25)15-28-20-10-7-17(8-11-20)16-5-3-2-4-6-16/h2-6,9,12,14,17,19-20,23H,7-8,10-11,13,15H2,1H3. The van der Waals surface area contributed by atoms with Crippen LogP contribution in [0.4, 0.5) is 0 Å². The topological polar surface area (TPSA) is 77.4 Å². The zero-order valence-corrected chi connectivity index (χ0v) is 18.0. The zero-order valence-electron chi connectivity index (χ0n) is 16.5. The first-order chi connectivity index (χ1) is 13.8. The van der Waals surface area contributed by atoms with E-state index in [1.807, 2.05) is 6.07 Å². The molecule has 1 aliphatic rings. The van der Waals surface area contributed by atoms with Crippen LogP contribution in [-0.4, -0.2) is 38.5 Å². The Balaban J connectivity index is 1.61. The molecule has 2 aromatic rings. The first-order valence-corrected chi connectivity index (χ1v) is 12.1. The normalized spacial score (nSPS) is 21.0. The number of nitrogens with zero attached hydrogens (tertiary/aromatic N) is 1. The molecule has 0 saturated heterocycles. The summed E-state index contributed by atoms with van der Waals surface area (Å²) in [4.78, 5) is 12.3. The first kappa shape index (κ1) is 22.0. The number of benzene rings is 1. The Morgan fingerprint density at radius 1 is 1.14 bits per heavy atom. The summed E-state index contributed by atoms with van der Waals surface area (Å²) in [6.45, 7) is 0.307. The van der Waals surface area contributed by atoms with Crippen molar-refractivity contribution >= 4 is 21.6 Å². The fourth-order valence-corrected chi connectivity index (χ4v) is 4.45. The smallest absolute Gasteiger partial charge is 0.250 e. The fourth-order valence-electron chi connectivity index (χ4n) is 3.78. The van der Waals surface area contributed by atoms with Crippen molar-refractivity contribution in [3.8, 4) is 0 Å². The Labute approximate surface area is 176 Å². The molecule has 1 aromatic heterocycles. The van der Waals surface area contributed by atoms with Crippen LogP contribution in [0, 0.1) is 0 Å². The van der Waals surface area contributed by atoms with Crippen LogP contribution in [0.15, 0.2) is 53.5 Å². The van der Waals surface area contributed by atoms with E-state index >= 15 is 0 Å². The van der Waals surface area contributed by atoms with Crippen LogP contribution in [0.3, 0.4) is 0 Å². The second kappa shape index (κ2) is 9.89. The molecule has 1 saturated carbocycles. The molecular weight excluding hydrogens is 412 g/mol. The maximum absolute atomic E-state index is 12.3. The highest BCUT2D eigenvalue weighted by molar-refractivity contribution is 7.88. The number of hydrogen-bond acceptors (Lipinski definition) is 4. The summed E-state index contributed by atoms with van der Waals surface area (Å²) in [6, 6.07) is 12.9. The van der Waals surface area contributed by atoms with E-state index in [4.69, 9.17) is 16.3 Å². The highest BCUT2D eigenvalue weighted by Gasteiger charge is 2.24. The van der Waals surface area contributed by atoms with Gasteiger partial charge in [-0.1, -0.05) is 41.9 Å². The summed E-state index contributed by atoms with van der Waals surface area (Å²) in [5.74, 6) is 0.550. The van der Waals surface area contributed by atoms with Crippen LogP contribution in [-0.2, 0) is 14.8 Å². The lowest BCUT2D eigenvalue weighted by atomic mass is 9.83. The van der Waals surface area contributed by atoms with E-state index in [0.29, 0.717) is 10.9 Å². The third kappa shape index (κ3) is 6.67. The second-order valence-electron chi connectivity index (χ2n) is 7.58. The van der Waals surface area contributed by atoms with Gasteiger partial charge >= 0.3 is 0 Å². The zero-order chi connectivity index (χ0) is 20.9. The van der Waals surface area contributed by atoms with Crippen molar-refractivity contribution in [2.24, 2.45) is 0 Å². The van der Waals surface area contributed by atoms with Gasteiger partial charge in [-0.25, -0.2) is 13.1 Å². The SMILES string of the molecule is CS(=O)(=O)NCC(COC1CCC(c2ccccc2)CC1)n1cc(Cl)ccc1=O. The fraction of sp³-hybridized carbons (Fsp3) is 0.476. The minimum absolute atomic E-state index is 0.0679. The molecule has 1 atom stereocenters. The van der Waals surface area contributed by atoms with Crippen LogP contribution < -0.4 is 10.3 Å². The molecule has 1 N–H and O–H groups in total. The lowest BCUT2D eigenvalue weighted by Gasteiger charge is -2.30. The van der Waals surface area contributed by atoms with Gasteiger partial charge in [0.1, 0.15) is 0 Å². The third-order valence-corrected chi connectivity index (χ3v) is 6.26. The summed E-state index contributed by atoms with van der Waals surface area (Å²) in [6.07, 6.45) is 6.71. The number of pyridine rings is 1. The number of sulfonamides is 1. The molecule has 8 heteroatoms. The average Bonchev–Trinajstić information content (AvgIpc) is 2.70. The van der Waals surface area contributed by atoms with Gasteiger partial charge in [-0.3, -0.25) is 4.79 Å². The molecule has 6 nitrogen and oxygen atoms in total. The lowest BCUT2D eigenvalue weighted by molar-refractivity contribution is 0.00737. The maximum Gasteiger partial charge on any atom is 0.250 e. The van der Waals surface area contributed by atoms with Gasteiger partial charge in [-0.2, -0.15) is 0 Å². The lowest BCUT2D eigenvalue weighted by Crippen LogP contribution is -2.37. The number of hydrogen-bond donors (Lipinski definition) is 1. The van der Waals surface area contributed by atoms with Gasteiger partial charge in [0.25, 0.3) is 5.56 Å². The van der Waals surface area contributed by atoms with Gasteiger partial charge in [0.05, 0.1) is 30.0 Å². The van der Waals surface area contributed by atoms with Crippen molar-refractivity contribution in [3.05, 3.63) is 69.6 Å². The van der Waals surface area contributed by atoms with Crippen LogP contribution >= 0.6 is 11.6 Å². The van der Waals surface area contributed by atoms with Crippen molar-refractivity contribution < 1.29 is 13.2 Å². The molecule has 3 rings (SSSR count). The number of rotatable bonds is 8. The molecule has 0 bridgehead atoms. The van der Waals surface area contributed by atoms with E-state index in [2.05, 4.69) is 29.0 Å². The van der Waals surface area contributed by atoms with Crippen molar-refractivity contribution in [1.82, 2.24) is 9.29 Å². The molecule has 1 heterocycles. The molecule has 1 fully saturated rings. The highest BCUT2D eigenvalue weighted by atomic mass is 35.5. The Morgan fingerprint density at radius 2 is 1.83 bits per heavy atom. The van der Waals surface area contributed by atoms with E-state index in [1.54, 1.807) is 0 Å². The quantitative estimate of drug-likeness (QED) is 0.685. The van der Waals surface area contributed by atoms with Gasteiger partial charge in [0, 0.05) is 18.8 Å². The molecule has 1 aromatic carbocycles. The van der Waals surface area contributed by atoms with Crippen LogP contribution in [0.1, 0.15) is 43.2 Å². The van der Waals surface area contributed by atoms with E-state index in [1.165, 1.54) is 28.5 Å². The summed E-state index contributed by atoms with van der Waals surface area (Å²) >= 11 is 6.03. The number of nitrogens with one attached hydrogen (secondary N) is 1.